The summed E-state index contributed by atoms with van der Waals surface area (Å²) in [5.41, 5.74) is 1.23. The van der Waals surface area contributed by atoms with Crippen LogP contribution in [0.25, 0.3) is 0 Å². The molecule has 2 unspecified atom stereocenters. The highest BCUT2D eigenvalue weighted by molar-refractivity contribution is 9.13. The van der Waals surface area contributed by atoms with Gasteiger partial charge in [-0.05, 0) is 75.9 Å². The van der Waals surface area contributed by atoms with E-state index in [9.17, 15) is 14.7 Å². The highest BCUT2D eigenvalue weighted by atomic mass is 79.9. The van der Waals surface area contributed by atoms with Crippen LogP contribution >= 0.6 is 31.9 Å². The van der Waals surface area contributed by atoms with Crippen LogP contribution in [0.4, 0.5) is 0 Å². The normalized spacial score (nSPS) is 12.7. The number of rotatable bonds is 9. The summed E-state index contributed by atoms with van der Waals surface area (Å²) in [6, 6.07) is 8.60. The fourth-order valence-corrected chi connectivity index (χ4v) is 3.06. The van der Waals surface area contributed by atoms with Gasteiger partial charge in [0.15, 0.2) is 12.7 Å². The van der Waals surface area contributed by atoms with Gasteiger partial charge in [0, 0.05) is 16.7 Å². The summed E-state index contributed by atoms with van der Waals surface area (Å²) in [4.78, 5) is 27.7. The molecule has 0 fully saturated rings. The monoisotopic (exact) mass is 528 g/mol. The molecule has 0 aliphatic heterocycles. The number of aliphatic hydroxyl groups is 1. The minimum atomic E-state index is -1.36. The Kier molecular flexibility index (Phi) is 9.06. The van der Waals surface area contributed by atoms with Crippen molar-refractivity contribution in [2.75, 3.05) is 13.2 Å². The van der Waals surface area contributed by atoms with Gasteiger partial charge in [0.1, 0.15) is 5.75 Å². The number of halogens is 2. The molecule has 0 aliphatic carbocycles. The molecule has 2 atom stereocenters. The van der Waals surface area contributed by atoms with Crippen LogP contribution in [0, 0.1) is 0 Å². The third kappa shape index (κ3) is 7.41. The Morgan fingerprint density at radius 2 is 1.90 bits per heavy atom. The Morgan fingerprint density at radius 1 is 1.21 bits per heavy atom. The molecule has 0 saturated heterocycles. The van der Waals surface area contributed by atoms with E-state index >= 15 is 0 Å². The molecule has 0 aliphatic rings. The number of aromatic nitrogens is 1. The first-order chi connectivity index (χ1) is 13.8. The first-order valence-electron chi connectivity index (χ1n) is 8.97. The van der Waals surface area contributed by atoms with E-state index < -0.39 is 18.0 Å². The summed E-state index contributed by atoms with van der Waals surface area (Å²) >= 11 is 6.62. The van der Waals surface area contributed by atoms with Gasteiger partial charge >= 0.3 is 5.97 Å². The van der Waals surface area contributed by atoms with Gasteiger partial charge in [-0.2, -0.15) is 0 Å². The second-order valence-electron chi connectivity index (χ2n) is 6.28. The number of hydrogen-bond donors (Lipinski definition) is 2. The zero-order valence-corrected chi connectivity index (χ0v) is 19.2. The minimum absolute atomic E-state index is 0.141. The fourth-order valence-electron chi connectivity index (χ4n) is 2.51. The van der Waals surface area contributed by atoms with Crippen LogP contribution < -0.4 is 10.1 Å². The van der Waals surface area contributed by atoms with E-state index in [2.05, 4.69) is 42.2 Å². The standard InChI is InChI=1S/C20H22Br2N2O5/c1-3-28-18(25)11-29-14-6-4-13(5-7-14)8-12(2)24-20(27)19(26)17-9-15(21)16(22)10-23-17/h4-7,9-10,12,19,26H,3,8,11H2,1-2H3,(H,24,27). The van der Waals surface area contributed by atoms with Crippen molar-refractivity contribution in [1.82, 2.24) is 10.3 Å². The highest BCUT2D eigenvalue weighted by Gasteiger charge is 2.21. The van der Waals surface area contributed by atoms with Gasteiger partial charge in [-0.1, -0.05) is 12.1 Å². The summed E-state index contributed by atoms with van der Waals surface area (Å²) in [5, 5.41) is 13.0. The molecule has 156 valence electrons. The highest BCUT2D eigenvalue weighted by Crippen LogP contribution is 2.24. The first kappa shape index (κ1) is 23.3. The molecular weight excluding hydrogens is 508 g/mol. The Bertz CT molecular complexity index is 845. The van der Waals surface area contributed by atoms with Crippen molar-refractivity contribution in [2.45, 2.75) is 32.4 Å². The van der Waals surface area contributed by atoms with E-state index in [1.165, 1.54) is 6.20 Å². The maximum Gasteiger partial charge on any atom is 0.344 e. The number of carbonyl (C=O) groups excluding carboxylic acids is 2. The number of carbonyl (C=O) groups is 2. The third-order valence-corrected chi connectivity index (χ3v) is 5.69. The van der Waals surface area contributed by atoms with Gasteiger partial charge in [0.25, 0.3) is 5.91 Å². The Hall–Kier alpha value is -1.97. The molecule has 0 bridgehead atoms. The molecule has 1 heterocycles. The summed E-state index contributed by atoms with van der Waals surface area (Å²) in [7, 11) is 0. The van der Waals surface area contributed by atoms with Crippen molar-refractivity contribution >= 4 is 43.7 Å². The van der Waals surface area contributed by atoms with Gasteiger partial charge in [0.05, 0.1) is 16.8 Å². The molecule has 1 amide bonds. The average molecular weight is 530 g/mol. The zero-order chi connectivity index (χ0) is 21.4. The van der Waals surface area contributed by atoms with E-state index in [1.54, 1.807) is 25.1 Å². The number of amides is 1. The second-order valence-corrected chi connectivity index (χ2v) is 7.99. The number of aliphatic hydroxyl groups excluding tert-OH is 1. The van der Waals surface area contributed by atoms with Crippen LogP contribution in [0.5, 0.6) is 5.75 Å². The number of nitrogens with one attached hydrogen (secondary N) is 1. The van der Waals surface area contributed by atoms with E-state index in [0.29, 0.717) is 23.2 Å². The van der Waals surface area contributed by atoms with Gasteiger partial charge in [-0.3, -0.25) is 9.78 Å². The SMILES string of the molecule is CCOC(=O)COc1ccc(CC(C)NC(=O)C(O)c2cc(Br)c(Br)cn2)cc1. The number of pyridine rings is 1. The van der Waals surface area contributed by atoms with E-state index in [0.717, 1.165) is 10.0 Å². The van der Waals surface area contributed by atoms with Crippen molar-refractivity contribution in [2.24, 2.45) is 0 Å². The Labute approximate surface area is 186 Å². The molecule has 9 heteroatoms. The van der Waals surface area contributed by atoms with Gasteiger partial charge < -0.3 is 19.9 Å². The van der Waals surface area contributed by atoms with E-state index in [-0.39, 0.29) is 18.3 Å². The molecule has 29 heavy (non-hydrogen) atoms. The van der Waals surface area contributed by atoms with E-state index in [1.807, 2.05) is 19.1 Å². The lowest BCUT2D eigenvalue weighted by Crippen LogP contribution is -2.37. The zero-order valence-electron chi connectivity index (χ0n) is 16.0. The molecule has 2 aromatic rings. The largest absolute Gasteiger partial charge is 0.482 e. The lowest BCUT2D eigenvalue weighted by Gasteiger charge is -2.17. The van der Waals surface area contributed by atoms with Crippen LogP contribution in [0.2, 0.25) is 0 Å². The summed E-state index contributed by atoms with van der Waals surface area (Å²) in [6.45, 7) is 3.76. The second kappa shape index (κ2) is 11.3. The van der Waals surface area contributed by atoms with Crippen LogP contribution in [-0.2, 0) is 20.7 Å². The van der Waals surface area contributed by atoms with Crippen LogP contribution in [0.1, 0.15) is 31.2 Å². The minimum Gasteiger partial charge on any atom is -0.482 e. The molecule has 0 spiro atoms. The molecule has 1 aromatic carbocycles. The number of ether oxygens (including phenoxy) is 2. The van der Waals surface area contributed by atoms with Crippen molar-refractivity contribution < 1.29 is 24.2 Å². The number of esters is 1. The van der Waals surface area contributed by atoms with Crippen LogP contribution in [0.3, 0.4) is 0 Å². The predicted octanol–water partition coefficient (Wildman–Crippen LogP) is 3.33. The van der Waals surface area contributed by atoms with Crippen LogP contribution in [0.15, 0.2) is 45.5 Å². The maximum atomic E-state index is 12.3. The lowest BCUT2D eigenvalue weighted by atomic mass is 10.1. The van der Waals surface area contributed by atoms with Gasteiger partial charge in [-0.15, -0.1) is 0 Å². The smallest absolute Gasteiger partial charge is 0.344 e. The maximum absolute atomic E-state index is 12.3. The number of nitrogens with zero attached hydrogens (tertiary/aromatic N) is 1. The molecular formula is C20H22Br2N2O5. The van der Waals surface area contributed by atoms with Crippen LogP contribution in [-0.4, -0.2) is 41.2 Å². The molecule has 1 aromatic heterocycles. The topological polar surface area (TPSA) is 97.8 Å². The predicted molar refractivity (Wildman–Crippen MR) is 114 cm³/mol. The third-order valence-electron chi connectivity index (χ3n) is 3.87. The van der Waals surface area contributed by atoms with Crippen molar-refractivity contribution in [1.29, 1.82) is 0 Å². The molecule has 2 N–H and O–H groups in total. The summed E-state index contributed by atoms with van der Waals surface area (Å²) in [5.74, 6) is -0.381. The molecule has 0 saturated carbocycles. The van der Waals surface area contributed by atoms with Gasteiger partial charge in [0.2, 0.25) is 0 Å². The fraction of sp³-hybridized carbons (Fsp3) is 0.350. The molecule has 0 radical (unpaired) electrons. The first-order valence-corrected chi connectivity index (χ1v) is 10.6. The van der Waals surface area contributed by atoms with Crippen molar-refractivity contribution in [3.8, 4) is 5.75 Å². The van der Waals surface area contributed by atoms with Gasteiger partial charge in [-0.25, -0.2) is 4.79 Å². The average Bonchev–Trinajstić information content (AvgIpc) is 2.69. The lowest BCUT2D eigenvalue weighted by molar-refractivity contribution is -0.145. The quantitative estimate of drug-likeness (QED) is 0.483. The Balaban J connectivity index is 1.86. The van der Waals surface area contributed by atoms with E-state index in [4.69, 9.17) is 9.47 Å². The number of hydrogen-bond acceptors (Lipinski definition) is 6. The number of benzene rings is 1. The van der Waals surface area contributed by atoms with Crippen molar-refractivity contribution in [3.63, 3.8) is 0 Å². The van der Waals surface area contributed by atoms with Crippen molar-refractivity contribution in [3.05, 3.63) is 56.7 Å². The Morgan fingerprint density at radius 3 is 2.52 bits per heavy atom. The molecule has 2 rings (SSSR count). The molecule has 7 nitrogen and oxygen atoms in total. The summed E-state index contributed by atoms with van der Waals surface area (Å²) in [6.07, 6.45) is 0.722. The summed E-state index contributed by atoms with van der Waals surface area (Å²) < 4.78 is 11.6.